The lowest BCUT2D eigenvalue weighted by Gasteiger charge is -2.33. The molecule has 0 spiro atoms. The van der Waals surface area contributed by atoms with Gasteiger partial charge in [-0.25, -0.2) is 0 Å². The number of likely N-dealkylation sites (N-methyl/N-ethyl adjacent to an activating group) is 1. The minimum atomic E-state index is -0.587. The first-order valence-electron chi connectivity index (χ1n) is 12.8. The molecular formula is C27H38N4O3. The molecule has 2 atom stereocenters. The van der Waals surface area contributed by atoms with E-state index in [1.807, 2.05) is 37.4 Å². The van der Waals surface area contributed by atoms with E-state index in [1.54, 1.807) is 0 Å². The normalized spacial score (nSPS) is 21.9. The molecular weight excluding hydrogens is 428 g/mol. The van der Waals surface area contributed by atoms with E-state index in [-0.39, 0.29) is 17.6 Å². The molecule has 1 amide bonds. The van der Waals surface area contributed by atoms with Gasteiger partial charge in [0.25, 0.3) is 5.91 Å². The summed E-state index contributed by atoms with van der Waals surface area (Å²) in [6.07, 6.45) is 9.36. The highest BCUT2D eigenvalue weighted by Crippen LogP contribution is 2.28. The van der Waals surface area contributed by atoms with Crippen molar-refractivity contribution in [3.05, 3.63) is 41.7 Å². The summed E-state index contributed by atoms with van der Waals surface area (Å²) in [6, 6.07) is 9.70. The number of likely N-dealkylation sites (tertiary alicyclic amines) is 1. The molecule has 2 N–H and O–H groups in total. The number of hydrogen-bond donors (Lipinski definition) is 2. The van der Waals surface area contributed by atoms with Crippen molar-refractivity contribution in [1.82, 2.24) is 20.4 Å². The quantitative estimate of drug-likeness (QED) is 0.612. The Hall–Kier alpha value is -2.51. The smallest absolute Gasteiger partial charge is 0.272 e. The van der Waals surface area contributed by atoms with Crippen LogP contribution in [0.2, 0.25) is 0 Å². The molecule has 0 radical (unpaired) electrons. The van der Waals surface area contributed by atoms with Crippen molar-refractivity contribution in [3.8, 4) is 16.9 Å². The number of nitrogens with zero attached hydrogens (tertiary/aromatic N) is 3. The van der Waals surface area contributed by atoms with E-state index in [4.69, 9.17) is 4.74 Å². The minimum absolute atomic E-state index is 0.273. The number of benzene rings is 1. The summed E-state index contributed by atoms with van der Waals surface area (Å²) < 4.78 is 6.19. The zero-order valence-electron chi connectivity index (χ0n) is 20.5. The zero-order valence-corrected chi connectivity index (χ0v) is 20.5. The van der Waals surface area contributed by atoms with Crippen LogP contribution in [0.4, 0.5) is 0 Å². The predicted octanol–water partition coefficient (Wildman–Crippen LogP) is 3.99. The van der Waals surface area contributed by atoms with E-state index in [0.717, 1.165) is 61.2 Å². The zero-order chi connectivity index (χ0) is 23.9. The number of amides is 1. The number of unbranched alkanes of at least 4 members (excludes halogenated alkanes) is 1. The fraction of sp³-hybridized carbons (Fsp3) is 0.593. The number of aromatic nitrogens is 2. The van der Waals surface area contributed by atoms with Crippen LogP contribution in [0.3, 0.4) is 0 Å². The van der Waals surface area contributed by atoms with Crippen molar-refractivity contribution in [2.24, 2.45) is 0 Å². The molecule has 1 aromatic heterocycles. The molecule has 1 saturated carbocycles. The van der Waals surface area contributed by atoms with Gasteiger partial charge in [0.1, 0.15) is 5.75 Å². The number of aryl methyl sites for hydroxylation is 1. The second-order valence-corrected chi connectivity index (χ2v) is 9.79. The van der Waals surface area contributed by atoms with Gasteiger partial charge in [0, 0.05) is 12.1 Å². The summed E-state index contributed by atoms with van der Waals surface area (Å²) in [5.74, 6) is 0.601. The lowest BCUT2D eigenvalue weighted by atomic mass is 9.97. The number of nitrogens with one attached hydrogen (secondary N) is 1. The third kappa shape index (κ3) is 6.33. The van der Waals surface area contributed by atoms with Gasteiger partial charge in [-0.3, -0.25) is 4.79 Å². The maximum atomic E-state index is 13.0. The van der Waals surface area contributed by atoms with Gasteiger partial charge in [-0.1, -0.05) is 31.9 Å². The number of aliphatic hydroxyl groups excluding tert-OH is 1. The van der Waals surface area contributed by atoms with Crippen LogP contribution in [-0.4, -0.2) is 64.5 Å². The Labute approximate surface area is 202 Å². The van der Waals surface area contributed by atoms with Gasteiger partial charge in [-0.05, 0) is 82.3 Å². The number of β-amino-alcohol motifs (C(OH)–C–C–N with tert-alkyl or cyclic N) is 1. The molecule has 1 aliphatic carbocycles. The second-order valence-electron chi connectivity index (χ2n) is 9.79. The highest BCUT2D eigenvalue weighted by atomic mass is 16.5. The maximum absolute atomic E-state index is 13.0. The van der Waals surface area contributed by atoms with E-state index in [2.05, 4.69) is 27.3 Å². The average molecular weight is 467 g/mol. The molecule has 0 unspecified atom stereocenters. The van der Waals surface area contributed by atoms with Crippen molar-refractivity contribution in [2.45, 2.75) is 83.0 Å². The van der Waals surface area contributed by atoms with Crippen LogP contribution in [0.5, 0.6) is 5.75 Å². The van der Waals surface area contributed by atoms with E-state index < -0.39 is 6.10 Å². The number of rotatable bonds is 8. The molecule has 2 heterocycles. The molecule has 1 saturated heterocycles. The molecule has 0 bridgehead atoms. The van der Waals surface area contributed by atoms with Crippen LogP contribution in [0.25, 0.3) is 11.1 Å². The van der Waals surface area contributed by atoms with Gasteiger partial charge in [-0.15, -0.1) is 5.10 Å². The molecule has 2 aromatic rings. The van der Waals surface area contributed by atoms with Crippen LogP contribution in [0, 0.1) is 0 Å². The molecule has 1 aromatic carbocycles. The molecule has 184 valence electrons. The summed E-state index contributed by atoms with van der Waals surface area (Å²) in [7, 11) is 1.97. The van der Waals surface area contributed by atoms with Gasteiger partial charge >= 0.3 is 0 Å². The summed E-state index contributed by atoms with van der Waals surface area (Å²) in [5, 5.41) is 22.0. The number of hydrogen-bond acceptors (Lipinski definition) is 6. The third-order valence-electron chi connectivity index (χ3n) is 6.99. The molecule has 7 nitrogen and oxygen atoms in total. The highest BCUT2D eigenvalue weighted by molar-refractivity contribution is 5.93. The summed E-state index contributed by atoms with van der Waals surface area (Å²) >= 11 is 0. The topological polar surface area (TPSA) is 87.6 Å². The molecule has 2 fully saturated rings. The van der Waals surface area contributed by atoms with E-state index in [0.29, 0.717) is 19.1 Å². The second kappa shape index (κ2) is 11.8. The fourth-order valence-electron chi connectivity index (χ4n) is 4.90. The maximum Gasteiger partial charge on any atom is 0.272 e. The third-order valence-corrected chi connectivity index (χ3v) is 6.99. The first-order chi connectivity index (χ1) is 16.5. The van der Waals surface area contributed by atoms with E-state index in [9.17, 15) is 9.90 Å². The molecule has 4 rings (SSSR count). The Morgan fingerprint density at radius 3 is 2.62 bits per heavy atom. The van der Waals surface area contributed by atoms with Crippen molar-refractivity contribution in [2.75, 3.05) is 20.1 Å². The van der Waals surface area contributed by atoms with Crippen LogP contribution in [0.15, 0.2) is 30.3 Å². The number of carbonyl (C=O) groups is 1. The standard InChI is InChI=1S/C27H38N4O3/c1-3-4-10-23-22(19-11-13-21(14-12-19)34-20-8-6-5-7-9-20)17-25(30-29-23)27(33)28-24-15-16-31(2)18-26(24)32/h11-14,17,20,24,26,32H,3-10,15-16,18H2,1-2H3,(H,28,33)/t24-,26+/m1/s1. The predicted molar refractivity (Wildman–Crippen MR) is 133 cm³/mol. The Morgan fingerprint density at radius 2 is 1.91 bits per heavy atom. The Morgan fingerprint density at radius 1 is 1.15 bits per heavy atom. The summed E-state index contributed by atoms with van der Waals surface area (Å²) in [4.78, 5) is 15.0. The molecule has 7 heteroatoms. The van der Waals surface area contributed by atoms with Crippen LogP contribution >= 0.6 is 0 Å². The molecule has 1 aliphatic heterocycles. The SMILES string of the molecule is CCCCc1nnc(C(=O)N[C@@H]2CCN(C)C[C@@H]2O)cc1-c1ccc(OC2CCCCC2)cc1. The van der Waals surface area contributed by atoms with E-state index >= 15 is 0 Å². The average Bonchev–Trinajstić information content (AvgIpc) is 2.85. The van der Waals surface area contributed by atoms with Crippen molar-refractivity contribution in [3.63, 3.8) is 0 Å². The van der Waals surface area contributed by atoms with Crippen LogP contribution < -0.4 is 10.1 Å². The van der Waals surface area contributed by atoms with Gasteiger partial charge < -0.3 is 20.1 Å². The number of piperidine rings is 1. The van der Waals surface area contributed by atoms with E-state index in [1.165, 1.54) is 19.3 Å². The molecule has 34 heavy (non-hydrogen) atoms. The van der Waals surface area contributed by atoms with Gasteiger partial charge in [0.15, 0.2) is 5.69 Å². The monoisotopic (exact) mass is 466 g/mol. The van der Waals surface area contributed by atoms with Gasteiger partial charge in [0.05, 0.1) is 23.9 Å². The number of carbonyl (C=O) groups excluding carboxylic acids is 1. The van der Waals surface area contributed by atoms with Crippen LogP contribution in [-0.2, 0) is 6.42 Å². The summed E-state index contributed by atoms with van der Waals surface area (Å²) in [5.41, 5.74) is 3.12. The van der Waals surface area contributed by atoms with Crippen molar-refractivity contribution in [1.29, 1.82) is 0 Å². The Kier molecular flexibility index (Phi) is 8.51. The van der Waals surface area contributed by atoms with Gasteiger partial charge in [0.2, 0.25) is 0 Å². The van der Waals surface area contributed by atoms with Crippen LogP contribution in [0.1, 0.15) is 74.5 Å². The minimum Gasteiger partial charge on any atom is -0.490 e. The first kappa shape index (κ1) is 24.6. The largest absolute Gasteiger partial charge is 0.490 e. The number of aliphatic hydroxyl groups is 1. The lowest BCUT2D eigenvalue weighted by molar-refractivity contribution is 0.0471. The summed E-state index contributed by atoms with van der Waals surface area (Å²) in [6.45, 7) is 3.54. The number of ether oxygens (including phenoxy) is 1. The Balaban J connectivity index is 1.51. The van der Waals surface area contributed by atoms with Crippen molar-refractivity contribution >= 4 is 5.91 Å². The van der Waals surface area contributed by atoms with Gasteiger partial charge in [-0.2, -0.15) is 5.10 Å². The lowest BCUT2D eigenvalue weighted by Crippen LogP contribution is -2.53. The fourth-order valence-corrected chi connectivity index (χ4v) is 4.90. The van der Waals surface area contributed by atoms with Crippen molar-refractivity contribution < 1.29 is 14.6 Å². The Bertz CT molecular complexity index is 943. The molecule has 2 aliphatic rings. The first-order valence-corrected chi connectivity index (χ1v) is 12.8. The highest BCUT2D eigenvalue weighted by Gasteiger charge is 2.28.